The summed E-state index contributed by atoms with van der Waals surface area (Å²) in [6, 6.07) is 0. The summed E-state index contributed by atoms with van der Waals surface area (Å²) >= 11 is 0. The van der Waals surface area contributed by atoms with Crippen LogP contribution in [0.25, 0.3) is 0 Å². The highest BCUT2D eigenvalue weighted by Crippen LogP contribution is 2.33. The zero-order valence-electron chi connectivity index (χ0n) is 8.15. The zero-order chi connectivity index (χ0) is 13.4. The molecule has 0 amide bonds. The lowest BCUT2D eigenvalue weighted by Gasteiger charge is -2.12. The average Bonchev–Trinajstić information content (AvgIpc) is 2.14. The second-order valence-corrected chi connectivity index (χ2v) is 3.00. The molecule has 0 radical (unpaired) electrons. The van der Waals surface area contributed by atoms with Crippen molar-refractivity contribution < 1.29 is 31.1 Å². The lowest BCUT2D eigenvalue weighted by Crippen LogP contribution is -2.27. The van der Waals surface area contributed by atoms with Crippen LogP contribution in [-0.4, -0.2) is 21.9 Å². The van der Waals surface area contributed by atoms with Crippen LogP contribution in [0, 0.1) is 6.92 Å². The molecule has 0 bridgehead atoms. The van der Waals surface area contributed by atoms with E-state index in [2.05, 4.69) is 9.97 Å². The molecule has 0 N–H and O–H groups in total. The van der Waals surface area contributed by atoms with Crippen molar-refractivity contribution in [3.05, 3.63) is 23.3 Å². The largest absolute Gasteiger partial charge is 0.455 e. The third kappa shape index (κ3) is 2.92. The predicted molar refractivity (Wildman–Crippen MR) is 42.2 cm³/mol. The molecule has 0 saturated heterocycles. The van der Waals surface area contributed by atoms with Crippen LogP contribution >= 0.6 is 0 Å². The first-order valence-corrected chi connectivity index (χ1v) is 4.06. The maximum atomic E-state index is 12.4. The third-order valence-corrected chi connectivity index (χ3v) is 1.68. The van der Waals surface area contributed by atoms with Gasteiger partial charge in [0.05, 0.1) is 5.56 Å². The van der Waals surface area contributed by atoms with Gasteiger partial charge in [-0.15, -0.1) is 0 Å². The lowest BCUT2D eigenvalue weighted by atomic mass is 10.1. The van der Waals surface area contributed by atoms with E-state index in [0.717, 1.165) is 6.92 Å². The number of ketones is 1. The van der Waals surface area contributed by atoms with Crippen LogP contribution in [0.4, 0.5) is 26.3 Å². The highest BCUT2D eigenvalue weighted by atomic mass is 19.4. The van der Waals surface area contributed by atoms with Gasteiger partial charge in [0.15, 0.2) is 5.69 Å². The fourth-order valence-corrected chi connectivity index (χ4v) is 1.00. The summed E-state index contributed by atoms with van der Waals surface area (Å²) in [4.78, 5) is 16.7. The lowest BCUT2D eigenvalue weighted by molar-refractivity contribution is -0.142. The molecule has 1 aromatic rings. The first-order valence-electron chi connectivity index (χ1n) is 4.06. The fraction of sp³-hybridized carbons (Fsp3) is 0.375. The Morgan fingerprint density at radius 3 is 2.12 bits per heavy atom. The van der Waals surface area contributed by atoms with E-state index in [1.165, 1.54) is 0 Å². The normalized spacial score (nSPS) is 12.6. The van der Waals surface area contributed by atoms with Gasteiger partial charge in [-0.2, -0.15) is 26.3 Å². The van der Waals surface area contributed by atoms with E-state index >= 15 is 0 Å². The number of nitrogens with zero attached hydrogens (tertiary/aromatic N) is 2. The Bertz CT molecular complexity index is 450. The first kappa shape index (κ1) is 13.4. The summed E-state index contributed by atoms with van der Waals surface area (Å²) in [5, 5.41) is 0. The van der Waals surface area contributed by atoms with Crippen LogP contribution in [0.2, 0.25) is 0 Å². The SMILES string of the molecule is Cc1ncc(C(=O)C(F)(F)F)c(C(F)(F)F)n1. The number of hydrogen-bond donors (Lipinski definition) is 0. The Labute approximate surface area is 90.5 Å². The Morgan fingerprint density at radius 1 is 1.18 bits per heavy atom. The molecular formula is C8H4F6N2O. The standard InChI is InChI=1S/C8H4F6N2O/c1-3-15-2-4(6(17)8(12,13)14)5(16-3)7(9,10)11/h2H,1H3. The fourth-order valence-electron chi connectivity index (χ4n) is 1.00. The van der Waals surface area contributed by atoms with E-state index < -0.39 is 29.4 Å². The summed E-state index contributed by atoms with van der Waals surface area (Å²) < 4.78 is 73.2. The molecule has 17 heavy (non-hydrogen) atoms. The number of alkyl halides is 6. The van der Waals surface area contributed by atoms with Gasteiger partial charge in [0.25, 0.3) is 5.78 Å². The van der Waals surface area contributed by atoms with Gasteiger partial charge in [-0.05, 0) is 6.92 Å². The highest BCUT2D eigenvalue weighted by Gasteiger charge is 2.46. The second kappa shape index (κ2) is 3.97. The van der Waals surface area contributed by atoms with Crippen molar-refractivity contribution in [2.75, 3.05) is 0 Å². The number of halogens is 6. The van der Waals surface area contributed by atoms with Gasteiger partial charge in [-0.1, -0.05) is 0 Å². The minimum atomic E-state index is -5.40. The van der Waals surface area contributed by atoms with Gasteiger partial charge in [-0.3, -0.25) is 4.79 Å². The van der Waals surface area contributed by atoms with Crippen molar-refractivity contribution in [3.8, 4) is 0 Å². The smallest absolute Gasteiger partial charge is 0.284 e. The molecule has 1 heterocycles. The van der Waals surface area contributed by atoms with E-state index in [1.54, 1.807) is 0 Å². The van der Waals surface area contributed by atoms with Crippen LogP contribution in [0.3, 0.4) is 0 Å². The number of rotatable bonds is 1. The van der Waals surface area contributed by atoms with Crippen LogP contribution in [-0.2, 0) is 6.18 Å². The van der Waals surface area contributed by atoms with Crippen LogP contribution in [0.1, 0.15) is 21.9 Å². The molecule has 0 aromatic carbocycles. The van der Waals surface area contributed by atoms with Crippen molar-refractivity contribution >= 4 is 5.78 Å². The number of hydrogen-bond acceptors (Lipinski definition) is 3. The molecule has 94 valence electrons. The Morgan fingerprint density at radius 2 is 1.71 bits per heavy atom. The van der Waals surface area contributed by atoms with E-state index in [9.17, 15) is 31.1 Å². The Hall–Kier alpha value is -1.67. The van der Waals surface area contributed by atoms with Gasteiger partial charge in [0.1, 0.15) is 5.82 Å². The van der Waals surface area contributed by atoms with Crippen LogP contribution in [0.15, 0.2) is 6.20 Å². The van der Waals surface area contributed by atoms with E-state index in [0.29, 0.717) is 0 Å². The van der Waals surface area contributed by atoms with Crippen molar-refractivity contribution in [1.82, 2.24) is 9.97 Å². The molecular weight excluding hydrogens is 254 g/mol. The maximum Gasteiger partial charge on any atom is 0.455 e. The summed E-state index contributed by atoms with van der Waals surface area (Å²) in [5.41, 5.74) is -3.48. The number of carbonyl (C=O) groups excluding carboxylic acids is 1. The van der Waals surface area contributed by atoms with Gasteiger partial charge in [0, 0.05) is 6.20 Å². The highest BCUT2D eigenvalue weighted by molar-refractivity contribution is 6.01. The molecule has 1 rings (SSSR count). The minimum Gasteiger partial charge on any atom is -0.284 e. The summed E-state index contributed by atoms with van der Waals surface area (Å²) in [5.74, 6) is -3.00. The average molecular weight is 258 g/mol. The van der Waals surface area contributed by atoms with Gasteiger partial charge >= 0.3 is 12.4 Å². The number of aromatic nitrogens is 2. The zero-order valence-corrected chi connectivity index (χ0v) is 8.15. The van der Waals surface area contributed by atoms with Crippen molar-refractivity contribution in [1.29, 1.82) is 0 Å². The molecule has 0 aliphatic heterocycles. The molecule has 9 heteroatoms. The number of aryl methyl sites for hydroxylation is 1. The molecule has 0 aliphatic carbocycles. The maximum absolute atomic E-state index is 12.4. The van der Waals surface area contributed by atoms with Crippen molar-refractivity contribution in [2.45, 2.75) is 19.3 Å². The number of carbonyl (C=O) groups is 1. The van der Waals surface area contributed by atoms with Gasteiger partial charge in [0.2, 0.25) is 0 Å². The molecule has 0 spiro atoms. The second-order valence-electron chi connectivity index (χ2n) is 3.00. The topological polar surface area (TPSA) is 42.9 Å². The number of Topliss-reactive ketones (excluding diaryl/α,β-unsaturated/α-hetero) is 1. The third-order valence-electron chi connectivity index (χ3n) is 1.68. The molecule has 0 fully saturated rings. The molecule has 3 nitrogen and oxygen atoms in total. The Kier molecular flexibility index (Phi) is 3.13. The Balaban J connectivity index is 3.40. The minimum absolute atomic E-state index is 0.223. The quantitative estimate of drug-likeness (QED) is 0.574. The predicted octanol–water partition coefficient (Wildman–Crippen LogP) is 2.55. The summed E-state index contributed by atoms with van der Waals surface area (Å²) in [6.07, 6.45) is -10.3. The molecule has 0 saturated carbocycles. The van der Waals surface area contributed by atoms with Crippen molar-refractivity contribution in [2.24, 2.45) is 0 Å². The van der Waals surface area contributed by atoms with Crippen molar-refractivity contribution in [3.63, 3.8) is 0 Å². The molecule has 1 aromatic heterocycles. The van der Waals surface area contributed by atoms with E-state index in [-0.39, 0.29) is 12.0 Å². The van der Waals surface area contributed by atoms with E-state index in [1.807, 2.05) is 0 Å². The van der Waals surface area contributed by atoms with Gasteiger partial charge in [-0.25, -0.2) is 9.97 Å². The molecule has 0 aliphatic rings. The first-order chi connectivity index (χ1) is 7.53. The summed E-state index contributed by atoms with van der Waals surface area (Å²) in [7, 11) is 0. The van der Waals surface area contributed by atoms with E-state index in [4.69, 9.17) is 0 Å². The molecule has 0 unspecified atom stereocenters. The monoisotopic (exact) mass is 258 g/mol. The summed E-state index contributed by atoms with van der Waals surface area (Å²) in [6.45, 7) is 1.07. The van der Waals surface area contributed by atoms with Crippen LogP contribution in [0.5, 0.6) is 0 Å². The van der Waals surface area contributed by atoms with Gasteiger partial charge < -0.3 is 0 Å². The molecule has 0 atom stereocenters. The van der Waals surface area contributed by atoms with Crippen LogP contribution < -0.4 is 0 Å².